The van der Waals surface area contributed by atoms with E-state index in [1.165, 1.54) is 0 Å². The van der Waals surface area contributed by atoms with Crippen LogP contribution >= 0.6 is 0 Å². The monoisotopic (exact) mass is 1030 g/mol. The van der Waals surface area contributed by atoms with Gasteiger partial charge in [-0.25, -0.2) is 4.85 Å². The van der Waals surface area contributed by atoms with Crippen LogP contribution in [0.15, 0.2) is 261 Å². The predicted molar refractivity (Wildman–Crippen MR) is 335 cm³/mol. The molecule has 0 saturated carbocycles. The minimum absolute atomic E-state index is 0.369. The normalized spacial score (nSPS) is 11.9. The maximum atomic E-state index is 11.2. The molecule has 0 bridgehead atoms. The van der Waals surface area contributed by atoms with Gasteiger partial charge < -0.3 is 22.8 Å². The van der Waals surface area contributed by atoms with E-state index in [1.54, 1.807) is 6.07 Å². The Hall–Kier alpha value is -11.4. The molecule has 17 rings (SSSR count). The first kappa shape index (κ1) is 44.7. The summed E-state index contributed by atoms with van der Waals surface area (Å²) in [5.41, 5.74) is 17.1. The molecule has 374 valence electrons. The molecular weight excluding hydrogens is 987 g/mol. The van der Waals surface area contributed by atoms with Gasteiger partial charge in [0.05, 0.1) is 96.2 Å². The fourth-order valence-corrected chi connectivity index (χ4v) is 13.7. The fraction of sp³-hybridized carbons (Fsp3) is 0. The summed E-state index contributed by atoms with van der Waals surface area (Å²) in [6, 6.07) is 96.0. The van der Waals surface area contributed by atoms with E-state index in [0.717, 1.165) is 149 Å². The molecule has 81 heavy (non-hydrogen) atoms. The van der Waals surface area contributed by atoms with Gasteiger partial charge in [0.1, 0.15) is 0 Å². The third-order valence-electron chi connectivity index (χ3n) is 16.9. The Morgan fingerprint density at radius 1 is 0.272 bits per heavy atom. The molecule has 0 radical (unpaired) electrons. The second-order valence-corrected chi connectivity index (χ2v) is 21.0. The van der Waals surface area contributed by atoms with Crippen LogP contribution in [-0.4, -0.2) is 22.8 Å². The van der Waals surface area contributed by atoms with Crippen LogP contribution in [0.25, 0.3) is 153 Å². The van der Waals surface area contributed by atoms with Gasteiger partial charge in [-0.05, 0) is 84.4 Å². The van der Waals surface area contributed by atoms with Gasteiger partial charge in [0.15, 0.2) is 5.69 Å². The number of nitrogens with zero attached hydrogens (tertiary/aromatic N) is 7. The molecular formula is C74H43N7. The van der Waals surface area contributed by atoms with Gasteiger partial charge >= 0.3 is 0 Å². The number of hydrogen-bond acceptors (Lipinski definition) is 1. The predicted octanol–water partition coefficient (Wildman–Crippen LogP) is 19.3. The second kappa shape index (κ2) is 17.1. The first-order valence-electron chi connectivity index (χ1n) is 27.3. The molecule has 0 atom stereocenters. The molecule has 12 aromatic carbocycles. The number of aromatic nitrogens is 5. The zero-order valence-corrected chi connectivity index (χ0v) is 43.5. The van der Waals surface area contributed by atoms with Crippen LogP contribution in [-0.2, 0) is 0 Å². The molecule has 0 saturated heterocycles. The molecule has 7 nitrogen and oxygen atoms in total. The summed E-state index contributed by atoms with van der Waals surface area (Å²) in [7, 11) is 0. The summed E-state index contributed by atoms with van der Waals surface area (Å²) in [6.45, 7) is 8.74. The summed E-state index contributed by atoms with van der Waals surface area (Å²) in [6.07, 6.45) is 0. The van der Waals surface area contributed by atoms with Crippen molar-refractivity contribution >= 4 is 115 Å². The minimum atomic E-state index is 0.369. The van der Waals surface area contributed by atoms with Crippen LogP contribution in [0.3, 0.4) is 0 Å². The molecule has 0 aliphatic heterocycles. The van der Waals surface area contributed by atoms with E-state index in [9.17, 15) is 5.26 Å². The molecule has 0 aliphatic rings. The van der Waals surface area contributed by atoms with Crippen molar-refractivity contribution in [2.45, 2.75) is 0 Å². The Morgan fingerprint density at radius 2 is 0.481 bits per heavy atom. The Kier molecular flexibility index (Phi) is 9.42. The number of benzene rings is 12. The summed E-state index contributed by atoms with van der Waals surface area (Å²) in [4.78, 5) is 4.16. The lowest BCUT2D eigenvalue weighted by Gasteiger charge is -2.32. The smallest absolute Gasteiger partial charge is 0.189 e. The zero-order chi connectivity index (χ0) is 53.4. The highest BCUT2D eigenvalue weighted by Gasteiger charge is 2.37. The van der Waals surface area contributed by atoms with Crippen molar-refractivity contribution in [1.82, 2.24) is 22.8 Å². The summed E-state index contributed by atoms with van der Waals surface area (Å²) >= 11 is 0. The van der Waals surface area contributed by atoms with Crippen LogP contribution in [0.5, 0.6) is 0 Å². The van der Waals surface area contributed by atoms with Crippen LogP contribution in [0.2, 0.25) is 0 Å². The molecule has 0 amide bonds. The molecule has 0 aliphatic carbocycles. The highest BCUT2D eigenvalue weighted by atomic mass is 15.2. The zero-order valence-electron chi connectivity index (χ0n) is 43.5. The van der Waals surface area contributed by atoms with E-state index in [4.69, 9.17) is 6.57 Å². The summed E-state index contributed by atoms with van der Waals surface area (Å²) < 4.78 is 12.5. The van der Waals surface area contributed by atoms with Crippen molar-refractivity contribution in [3.63, 3.8) is 0 Å². The van der Waals surface area contributed by atoms with E-state index < -0.39 is 0 Å². The van der Waals surface area contributed by atoms with Gasteiger partial charge in [-0.15, -0.1) is 0 Å². The Morgan fingerprint density at radius 3 is 0.704 bits per heavy atom. The minimum Gasteiger partial charge on any atom is -0.306 e. The second-order valence-electron chi connectivity index (χ2n) is 21.0. The summed E-state index contributed by atoms with van der Waals surface area (Å²) in [5.74, 6) is 0. The number of hydrogen-bond donors (Lipinski definition) is 0. The maximum absolute atomic E-state index is 11.2. The number of para-hydroxylation sites is 10. The molecule has 7 heteroatoms. The van der Waals surface area contributed by atoms with Crippen LogP contribution in [0.4, 0.5) is 5.69 Å². The quantitative estimate of drug-likeness (QED) is 0.153. The lowest BCUT2D eigenvalue weighted by Crippen LogP contribution is -2.18. The van der Waals surface area contributed by atoms with E-state index in [2.05, 4.69) is 276 Å². The molecule has 0 fully saturated rings. The third-order valence-corrected chi connectivity index (χ3v) is 16.9. The number of fused-ring (bicyclic) bond motifs is 15. The largest absolute Gasteiger partial charge is 0.306 e. The van der Waals surface area contributed by atoms with Gasteiger partial charge in [0, 0.05) is 65.0 Å². The van der Waals surface area contributed by atoms with Crippen molar-refractivity contribution in [3.05, 3.63) is 278 Å². The SMILES string of the molecule is [C-]#[N+]c1cc(C#N)cc(-c2c(-n3c4ccccc4c4ccccc43)c(-n3c4ccccc4c4ccccc43)c(-n3c4ccccc4c4ccccc43)c(-n3c4ccccc4c4ccccc43)c2-n2c3ccccc3c3ccccc32)c1. The average Bonchev–Trinajstić information content (AvgIpc) is 3.80. The van der Waals surface area contributed by atoms with Gasteiger partial charge in [0.2, 0.25) is 0 Å². The van der Waals surface area contributed by atoms with Gasteiger partial charge in [-0.1, -0.05) is 182 Å². The van der Waals surface area contributed by atoms with Crippen LogP contribution < -0.4 is 0 Å². The fourth-order valence-electron chi connectivity index (χ4n) is 13.7. The van der Waals surface area contributed by atoms with Gasteiger partial charge in [0.25, 0.3) is 0 Å². The van der Waals surface area contributed by atoms with E-state index in [1.807, 2.05) is 12.1 Å². The first-order chi connectivity index (χ1) is 40.2. The van der Waals surface area contributed by atoms with Crippen molar-refractivity contribution in [2.24, 2.45) is 0 Å². The van der Waals surface area contributed by atoms with Crippen molar-refractivity contribution in [3.8, 4) is 45.6 Å². The van der Waals surface area contributed by atoms with E-state index in [-0.39, 0.29) is 0 Å². The highest BCUT2D eigenvalue weighted by molar-refractivity contribution is 6.19. The third kappa shape index (κ3) is 6.15. The maximum Gasteiger partial charge on any atom is 0.189 e. The molecule has 5 heterocycles. The molecule has 0 spiro atoms. The topological polar surface area (TPSA) is 52.8 Å². The number of rotatable bonds is 6. The standard InChI is InChI=1S/C74H43N7/c1-76-48-43-46(45-75)42-47(44-48)69-70(77-59-32-12-2-22-49(59)50-23-3-13-33-60(50)77)72(79-63-36-16-6-26-53(63)54-27-7-17-37-64(54)79)74(81-67-40-20-10-30-57(67)58-31-11-21-41-68(58)81)73(80-65-38-18-8-28-55(65)56-29-9-19-39-66(56)80)71(69)78-61-34-14-4-24-51(61)52-25-5-15-35-62(52)78/h2-44H. The Labute approximate surface area is 463 Å². The molecule has 17 aromatic rings. The highest BCUT2D eigenvalue weighted by Crippen LogP contribution is 2.54. The average molecular weight is 1030 g/mol. The van der Waals surface area contributed by atoms with Crippen molar-refractivity contribution in [2.75, 3.05) is 0 Å². The Balaban J connectivity index is 1.31. The Bertz CT molecular complexity index is 5090. The summed E-state index contributed by atoms with van der Waals surface area (Å²) in [5, 5.41) is 22.3. The number of nitriles is 1. The van der Waals surface area contributed by atoms with Crippen molar-refractivity contribution < 1.29 is 0 Å². The lowest BCUT2D eigenvalue weighted by atomic mass is 9.93. The lowest BCUT2D eigenvalue weighted by molar-refractivity contribution is 1.00. The van der Waals surface area contributed by atoms with Gasteiger partial charge in [-0.3, -0.25) is 0 Å². The van der Waals surface area contributed by atoms with E-state index in [0.29, 0.717) is 11.3 Å². The molecule has 5 aromatic heterocycles. The van der Waals surface area contributed by atoms with Crippen LogP contribution in [0, 0.1) is 17.9 Å². The molecule has 0 N–H and O–H groups in total. The van der Waals surface area contributed by atoms with E-state index >= 15 is 0 Å². The van der Waals surface area contributed by atoms with Crippen LogP contribution in [0.1, 0.15) is 5.56 Å². The first-order valence-corrected chi connectivity index (χ1v) is 27.3. The van der Waals surface area contributed by atoms with Gasteiger partial charge in [-0.2, -0.15) is 5.26 Å². The molecule has 0 unspecified atom stereocenters. The van der Waals surface area contributed by atoms with Crippen molar-refractivity contribution in [1.29, 1.82) is 5.26 Å².